The Morgan fingerprint density at radius 2 is 1.96 bits per heavy atom. The van der Waals surface area contributed by atoms with Crippen LogP contribution in [0.25, 0.3) is 11.5 Å². The lowest BCUT2D eigenvalue weighted by molar-refractivity contribution is 0.0696. The highest BCUT2D eigenvalue weighted by atomic mass is 16.5. The van der Waals surface area contributed by atoms with Crippen molar-refractivity contribution in [2.24, 2.45) is 0 Å². The first-order chi connectivity index (χ1) is 13.3. The summed E-state index contributed by atoms with van der Waals surface area (Å²) in [4.78, 5) is 28.8. The van der Waals surface area contributed by atoms with Gasteiger partial charge in [-0.25, -0.2) is 4.98 Å². The van der Waals surface area contributed by atoms with Crippen LogP contribution in [0.1, 0.15) is 10.7 Å². The Balaban J connectivity index is 1.43. The number of piperazine rings is 1. The number of para-hydroxylation sites is 2. The lowest BCUT2D eigenvalue weighted by Crippen LogP contribution is -2.49. The van der Waals surface area contributed by atoms with Crippen molar-refractivity contribution in [2.75, 3.05) is 38.2 Å². The molecular weight excluding hydrogens is 348 g/mol. The highest BCUT2D eigenvalue weighted by Crippen LogP contribution is 2.28. The average Bonchev–Trinajstić information content (AvgIpc) is 3.24. The number of anilines is 1. The van der Waals surface area contributed by atoms with Crippen LogP contribution < -0.4 is 9.64 Å². The lowest BCUT2D eigenvalue weighted by Gasteiger charge is -2.35. The molecule has 0 radical (unpaired) electrons. The normalized spacial score (nSPS) is 14.3. The van der Waals surface area contributed by atoms with Crippen LogP contribution in [0.5, 0.6) is 5.75 Å². The van der Waals surface area contributed by atoms with Crippen molar-refractivity contribution in [3.05, 3.63) is 48.7 Å². The van der Waals surface area contributed by atoms with Crippen LogP contribution >= 0.6 is 0 Å². The number of carbonyl (C=O) groups excluding carboxylic acids is 1. The summed E-state index contributed by atoms with van der Waals surface area (Å²) < 4.78 is 10.5. The largest absolute Gasteiger partial charge is 0.495 e. The zero-order valence-electron chi connectivity index (χ0n) is 14.8. The van der Waals surface area contributed by atoms with E-state index < -0.39 is 0 Å². The molecule has 27 heavy (non-hydrogen) atoms. The van der Waals surface area contributed by atoms with Gasteiger partial charge in [-0.15, -0.1) is 0 Å². The van der Waals surface area contributed by atoms with Gasteiger partial charge in [0.1, 0.15) is 11.4 Å². The molecule has 0 bridgehead atoms. The van der Waals surface area contributed by atoms with Crippen molar-refractivity contribution in [3.63, 3.8) is 0 Å². The van der Waals surface area contributed by atoms with E-state index in [9.17, 15) is 4.79 Å². The van der Waals surface area contributed by atoms with E-state index in [-0.39, 0.29) is 17.6 Å². The molecule has 3 aromatic rings. The molecule has 1 aliphatic heterocycles. The van der Waals surface area contributed by atoms with Gasteiger partial charge in [0.05, 0.1) is 19.0 Å². The Hall–Kier alpha value is -3.49. The van der Waals surface area contributed by atoms with Gasteiger partial charge in [-0.05, 0) is 12.1 Å². The Kier molecular flexibility index (Phi) is 4.65. The average molecular weight is 366 g/mol. The number of hydrogen-bond acceptors (Lipinski definition) is 8. The number of benzene rings is 1. The fraction of sp³-hybridized carbons (Fsp3) is 0.278. The summed E-state index contributed by atoms with van der Waals surface area (Å²) in [5, 5.41) is 3.82. The number of hydrogen-bond donors (Lipinski definition) is 0. The van der Waals surface area contributed by atoms with Gasteiger partial charge in [-0.1, -0.05) is 17.3 Å². The Labute approximate surface area is 155 Å². The number of aromatic nitrogens is 4. The maximum atomic E-state index is 12.7. The second kappa shape index (κ2) is 7.40. The molecule has 1 saturated heterocycles. The van der Waals surface area contributed by atoms with Gasteiger partial charge in [0.15, 0.2) is 0 Å². The molecule has 4 rings (SSSR count). The molecule has 3 heterocycles. The summed E-state index contributed by atoms with van der Waals surface area (Å²) in [7, 11) is 1.66. The first-order valence-electron chi connectivity index (χ1n) is 8.53. The number of methoxy groups -OCH3 is 1. The van der Waals surface area contributed by atoms with Gasteiger partial charge in [0.2, 0.25) is 5.82 Å². The fourth-order valence-electron chi connectivity index (χ4n) is 3.01. The van der Waals surface area contributed by atoms with Crippen molar-refractivity contribution >= 4 is 11.6 Å². The monoisotopic (exact) mass is 366 g/mol. The molecule has 1 aliphatic rings. The van der Waals surface area contributed by atoms with Crippen molar-refractivity contribution in [1.29, 1.82) is 0 Å². The van der Waals surface area contributed by atoms with Gasteiger partial charge in [-0.2, -0.15) is 4.98 Å². The molecule has 0 aliphatic carbocycles. The van der Waals surface area contributed by atoms with Gasteiger partial charge in [-0.3, -0.25) is 9.78 Å². The quantitative estimate of drug-likeness (QED) is 0.685. The van der Waals surface area contributed by atoms with Crippen LogP contribution in [-0.4, -0.2) is 64.2 Å². The zero-order chi connectivity index (χ0) is 18.6. The van der Waals surface area contributed by atoms with E-state index in [0.717, 1.165) is 11.4 Å². The number of ether oxygens (including phenoxy) is 1. The molecule has 1 amide bonds. The number of amides is 1. The molecule has 0 N–H and O–H groups in total. The van der Waals surface area contributed by atoms with Crippen molar-refractivity contribution in [3.8, 4) is 17.3 Å². The van der Waals surface area contributed by atoms with Crippen LogP contribution in [-0.2, 0) is 0 Å². The highest BCUT2D eigenvalue weighted by molar-refractivity contribution is 5.90. The SMILES string of the molecule is COc1ccccc1N1CCN(C(=O)c2nc(-c3cnccn3)no2)CC1. The van der Waals surface area contributed by atoms with Crippen LogP contribution in [0.15, 0.2) is 47.4 Å². The smallest absolute Gasteiger partial charge is 0.316 e. The molecule has 1 fully saturated rings. The fourth-order valence-corrected chi connectivity index (χ4v) is 3.01. The molecular formula is C18H18N6O3. The minimum Gasteiger partial charge on any atom is -0.495 e. The van der Waals surface area contributed by atoms with E-state index in [4.69, 9.17) is 9.26 Å². The molecule has 0 spiro atoms. The van der Waals surface area contributed by atoms with Crippen molar-refractivity contribution in [2.45, 2.75) is 0 Å². The maximum Gasteiger partial charge on any atom is 0.316 e. The topological polar surface area (TPSA) is 97.5 Å². The number of rotatable bonds is 4. The molecule has 138 valence electrons. The predicted molar refractivity (Wildman–Crippen MR) is 96.4 cm³/mol. The van der Waals surface area contributed by atoms with E-state index in [1.54, 1.807) is 18.2 Å². The molecule has 0 atom stereocenters. The molecule has 0 unspecified atom stereocenters. The minimum absolute atomic E-state index is 0.0404. The third kappa shape index (κ3) is 3.43. The summed E-state index contributed by atoms with van der Waals surface area (Å²) in [5.41, 5.74) is 1.48. The number of carbonyl (C=O) groups is 1. The Morgan fingerprint density at radius 1 is 1.15 bits per heavy atom. The summed E-state index contributed by atoms with van der Waals surface area (Å²) >= 11 is 0. The molecule has 1 aromatic carbocycles. The number of nitrogens with zero attached hydrogens (tertiary/aromatic N) is 6. The van der Waals surface area contributed by atoms with E-state index in [2.05, 4.69) is 25.0 Å². The molecule has 2 aromatic heterocycles. The summed E-state index contributed by atoms with van der Waals surface area (Å²) in [6.45, 7) is 2.49. The van der Waals surface area contributed by atoms with Gasteiger partial charge in [0.25, 0.3) is 0 Å². The second-order valence-corrected chi connectivity index (χ2v) is 5.96. The summed E-state index contributed by atoms with van der Waals surface area (Å²) in [6, 6.07) is 7.86. The van der Waals surface area contributed by atoms with Crippen molar-refractivity contribution < 1.29 is 14.1 Å². The Bertz CT molecular complexity index is 922. The van der Waals surface area contributed by atoms with Gasteiger partial charge < -0.3 is 19.1 Å². The van der Waals surface area contributed by atoms with E-state index >= 15 is 0 Å². The maximum absolute atomic E-state index is 12.7. The standard InChI is InChI=1S/C18H18N6O3/c1-26-15-5-3-2-4-14(15)23-8-10-24(11-9-23)18(25)17-21-16(22-27-17)13-12-19-6-7-20-13/h2-7,12H,8-11H2,1H3. The van der Waals surface area contributed by atoms with Crippen LogP contribution in [0, 0.1) is 0 Å². The van der Waals surface area contributed by atoms with Crippen LogP contribution in [0.4, 0.5) is 5.69 Å². The third-order valence-corrected chi connectivity index (χ3v) is 4.39. The van der Waals surface area contributed by atoms with E-state index in [1.807, 2.05) is 24.3 Å². The Morgan fingerprint density at radius 3 is 2.70 bits per heavy atom. The summed E-state index contributed by atoms with van der Waals surface area (Å²) in [6.07, 6.45) is 4.60. The molecule has 0 saturated carbocycles. The molecule has 9 heteroatoms. The van der Waals surface area contributed by atoms with E-state index in [1.165, 1.54) is 12.4 Å². The van der Waals surface area contributed by atoms with Gasteiger partial charge >= 0.3 is 11.8 Å². The first kappa shape index (κ1) is 17.0. The molecule has 9 nitrogen and oxygen atoms in total. The highest BCUT2D eigenvalue weighted by Gasteiger charge is 2.27. The van der Waals surface area contributed by atoms with Crippen LogP contribution in [0.2, 0.25) is 0 Å². The van der Waals surface area contributed by atoms with Crippen LogP contribution in [0.3, 0.4) is 0 Å². The lowest BCUT2D eigenvalue weighted by atomic mass is 10.2. The summed E-state index contributed by atoms with van der Waals surface area (Å²) in [5.74, 6) is 0.751. The van der Waals surface area contributed by atoms with Crippen molar-refractivity contribution in [1.82, 2.24) is 25.0 Å². The second-order valence-electron chi connectivity index (χ2n) is 5.96. The van der Waals surface area contributed by atoms with E-state index in [0.29, 0.717) is 31.9 Å². The first-order valence-corrected chi connectivity index (χ1v) is 8.53. The minimum atomic E-state index is -0.280. The predicted octanol–water partition coefficient (Wildman–Crippen LogP) is 1.50. The zero-order valence-corrected chi connectivity index (χ0v) is 14.8. The van der Waals surface area contributed by atoms with Gasteiger partial charge in [0, 0.05) is 38.6 Å². The third-order valence-electron chi connectivity index (χ3n) is 4.39.